The molecule has 0 atom stereocenters. The summed E-state index contributed by atoms with van der Waals surface area (Å²) in [5.74, 6) is 3.96. The van der Waals surface area contributed by atoms with Crippen LogP contribution in [-0.2, 0) is 14.3 Å². The Morgan fingerprint density at radius 1 is 1.15 bits per heavy atom. The fourth-order valence-electron chi connectivity index (χ4n) is 1.82. The van der Waals surface area contributed by atoms with Gasteiger partial charge in [0, 0.05) is 26.2 Å². The molecule has 20 heavy (non-hydrogen) atoms. The molecule has 0 aliphatic rings. The normalized spacial score (nSPS) is 11.4. The van der Waals surface area contributed by atoms with E-state index in [0.717, 1.165) is 11.4 Å². The van der Waals surface area contributed by atoms with Crippen molar-refractivity contribution in [3.63, 3.8) is 0 Å². The Morgan fingerprint density at radius 2 is 1.70 bits per heavy atom. The third-order valence-electron chi connectivity index (χ3n) is 2.89. The molecule has 118 valence electrons. The minimum Gasteiger partial charge on any atom is -0.464 e. The zero-order chi connectivity index (χ0) is 15.6. The average molecular weight is 290 g/mol. The predicted octanol–water partition coefficient (Wildman–Crippen LogP) is 1.76. The van der Waals surface area contributed by atoms with E-state index in [-0.39, 0.29) is 12.3 Å². The van der Waals surface area contributed by atoms with Gasteiger partial charge in [0.25, 0.3) is 0 Å². The number of Topliss-reactive ketones (excluding diaryl/α,β-unsaturated/α-hetero) is 1. The van der Waals surface area contributed by atoms with Crippen LogP contribution in [0.1, 0.15) is 46.5 Å². The van der Waals surface area contributed by atoms with E-state index >= 15 is 0 Å². The van der Waals surface area contributed by atoms with Gasteiger partial charge in [-0.15, -0.1) is 0 Å². The monoisotopic (exact) mass is 290 g/mol. The maximum absolute atomic E-state index is 12.1. The quantitative estimate of drug-likeness (QED) is 0.198. The summed E-state index contributed by atoms with van der Waals surface area (Å²) in [5.41, 5.74) is 0. The minimum absolute atomic E-state index is 0.0935. The highest BCUT2D eigenvalue weighted by atomic mass is 16.7. The van der Waals surface area contributed by atoms with Crippen molar-refractivity contribution in [2.45, 2.75) is 52.2 Å². The molecule has 0 radical (unpaired) electrons. The lowest BCUT2D eigenvalue weighted by molar-refractivity contribution is -0.217. The minimum atomic E-state index is -1.18. The second-order valence-electron chi connectivity index (χ2n) is 4.52. The highest BCUT2D eigenvalue weighted by molar-refractivity contribution is 5.85. The lowest BCUT2D eigenvalue weighted by Crippen LogP contribution is -2.41. The van der Waals surface area contributed by atoms with Crippen LogP contribution in [0, 0.1) is 0 Å². The van der Waals surface area contributed by atoms with Crippen LogP contribution in [0.2, 0.25) is 0 Å². The van der Waals surface area contributed by atoms with E-state index in [0.29, 0.717) is 32.5 Å². The smallest absolute Gasteiger partial charge is 0.421 e. The SMILES string of the molecule is CCOC(C)(OCC)C(=O)CCCCCN(N)C(=O)O. The first kappa shape index (κ1) is 18.8. The molecule has 0 unspecified atom stereocenters. The second-order valence-corrected chi connectivity index (χ2v) is 4.52. The maximum Gasteiger partial charge on any atom is 0.421 e. The van der Waals surface area contributed by atoms with Gasteiger partial charge < -0.3 is 14.6 Å². The van der Waals surface area contributed by atoms with Gasteiger partial charge in [-0.3, -0.25) is 4.79 Å². The molecule has 7 nitrogen and oxygen atoms in total. The number of hydrazine groups is 1. The fourth-order valence-corrected chi connectivity index (χ4v) is 1.82. The van der Waals surface area contributed by atoms with E-state index in [1.807, 2.05) is 13.8 Å². The molecule has 0 spiro atoms. The highest BCUT2D eigenvalue weighted by Gasteiger charge is 2.33. The molecule has 7 heteroatoms. The number of amides is 1. The number of nitrogens with two attached hydrogens (primary N) is 1. The van der Waals surface area contributed by atoms with E-state index in [2.05, 4.69) is 0 Å². The van der Waals surface area contributed by atoms with E-state index in [1.165, 1.54) is 0 Å². The first-order chi connectivity index (χ1) is 9.37. The molecule has 1 amide bonds. The third-order valence-corrected chi connectivity index (χ3v) is 2.89. The average Bonchev–Trinajstić information content (AvgIpc) is 2.38. The van der Waals surface area contributed by atoms with Crippen LogP contribution in [0.15, 0.2) is 0 Å². The lowest BCUT2D eigenvalue weighted by Gasteiger charge is -2.27. The number of nitrogens with zero attached hydrogens (tertiary/aromatic N) is 1. The van der Waals surface area contributed by atoms with Crippen molar-refractivity contribution in [3.8, 4) is 0 Å². The predicted molar refractivity (Wildman–Crippen MR) is 74.1 cm³/mol. The molecule has 0 aromatic rings. The summed E-state index contributed by atoms with van der Waals surface area (Å²) in [7, 11) is 0. The van der Waals surface area contributed by atoms with Gasteiger partial charge in [0.15, 0.2) is 5.78 Å². The van der Waals surface area contributed by atoms with Gasteiger partial charge in [-0.25, -0.2) is 15.6 Å². The van der Waals surface area contributed by atoms with Crippen LogP contribution < -0.4 is 5.84 Å². The summed E-state index contributed by atoms with van der Waals surface area (Å²) in [6.07, 6.45) is 1.19. The largest absolute Gasteiger partial charge is 0.464 e. The van der Waals surface area contributed by atoms with E-state index in [1.54, 1.807) is 6.92 Å². The first-order valence-corrected chi connectivity index (χ1v) is 6.93. The van der Waals surface area contributed by atoms with Gasteiger partial charge in [0.2, 0.25) is 5.79 Å². The molecule has 3 N–H and O–H groups in total. The molecule has 0 saturated carbocycles. The van der Waals surface area contributed by atoms with Crippen molar-refractivity contribution in [1.82, 2.24) is 5.01 Å². The highest BCUT2D eigenvalue weighted by Crippen LogP contribution is 2.18. The van der Waals surface area contributed by atoms with Crippen molar-refractivity contribution in [1.29, 1.82) is 0 Å². The van der Waals surface area contributed by atoms with Gasteiger partial charge in [0.1, 0.15) is 0 Å². The number of rotatable bonds is 11. The summed E-state index contributed by atoms with van der Waals surface area (Å²) in [6.45, 7) is 6.33. The molecular formula is C13H26N2O5. The van der Waals surface area contributed by atoms with Crippen LogP contribution in [0.5, 0.6) is 0 Å². The van der Waals surface area contributed by atoms with Crippen LogP contribution >= 0.6 is 0 Å². The van der Waals surface area contributed by atoms with E-state index in [9.17, 15) is 9.59 Å². The van der Waals surface area contributed by atoms with Gasteiger partial charge in [-0.2, -0.15) is 0 Å². The van der Waals surface area contributed by atoms with Crippen molar-refractivity contribution >= 4 is 11.9 Å². The third kappa shape index (κ3) is 6.83. The molecule has 0 aliphatic heterocycles. The Morgan fingerprint density at radius 3 is 2.15 bits per heavy atom. The number of carboxylic acid groups (broad SMARTS) is 1. The van der Waals surface area contributed by atoms with Gasteiger partial charge in [0.05, 0.1) is 0 Å². The first-order valence-electron chi connectivity index (χ1n) is 6.93. The Labute approximate surface area is 120 Å². The van der Waals surface area contributed by atoms with Crippen LogP contribution in [0.25, 0.3) is 0 Å². The molecule has 0 aromatic heterocycles. The summed E-state index contributed by atoms with van der Waals surface area (Å²) >= 11 is 0. The van der Waals surface area contributed by atoms with Crippen molar-refractivity contribution < 1.29 is 24.2 Å². The number of carbonyl (C=O) groups is 2. The van der Waals surface area contributed by atoms with Gasteiger partial charge in [-0.05, 0) is 33.6 Å². The van der Waals surface area contributed by atoms with Crippen LogP contribution in [0.3, 0.4) is 0 Å². The molecule has 0 heterocycles. The van der Waals surface area contributed by atoms with E-state index in [4.69, 9.17) is 20.4 Å². The topological polar surface area (TPSA) is 102 Å². The zero-order valence-electron chi connectivity index (χ0n) is 12.6. The Hall–Kier alpha value is -1.18. The molecule has 0 saturated heterocycles. The molecular weight excluding hydrogens is 264 g/mol. The number of hydrogen-bond donors (Lipinski definition) is 2. The summed E-state index contributed by atoms with van der Waals surface area (Å²) in [4.78, 5) is 22.5. The summed E-state index contributed by atoms with van der Waals surface area (Å²) in [6, 6.07) is 0. The Balaban J connectivity index is 3.99. The van der Waals surface area contributed by atoms with Crippen LogP contribution in [-0.4, -0.2) is 47.5 Å². The number of unbranched alkanes of at least 4 members (excludes halogenated alkanes) is 2. The molecule has 0 fully saturated rings. The zero-order valence-corrected chi connectivity index (χ0v) is 12.6. The van der Waals surface area contributed by atoms with E-state index < -0.39 is 11.9 Å². The van der Waals surface area contributed by atoms with Crippen LogP contribution in [0.4, 0.5) is 4.79 Å². The van der Waals surface area contributed by atoms with Crippen molar-refractivity contribution in [2.75, 3.05) is 19.8 Å². The number of carbonyl (C=O) groups excluding carboxylic acids is 1. The summed E-state index contributed by atoms with van der Waals surface area (Å²) in [5, 5.41) is 9.31. The Kier molecular flexibility index (Phi) is 9.11. The number of hydrogen-bond acceptors (Lipinski definition) is 5. The molecule has 0 rings (SSSR count). The molecule has 0 bridgehead atoms. The fraction of sp³-hybridized carbons (Fsp3) is 0.846. The molecule has 0 aliphatic carbocycles. The maximum atomic E-state index is 12.1. The second kappa shape index (κ2) is 9.68. The number of ketones is 1. The lowest BCUT2D eigenvalue weighted by atomic mass is 10.1. The summed E-state index contributed by atoms with van der Waals surface area (Å²) < 4.78 is 10.8. The van der Waals surface area contributed by atoms with Crippen molar-refractivity contribution in [2.24, 2.45) is 5.84 Å². The number of ether oxygens (including phenoxy) is 2. The van der Waals surface area contributed by atoms with Crippen molar-refractivity contribution in [3.05, 3.63) is 0 Å². The standard InChI is InChI=1S/C13H26N2O5/c1-4-19-13(3,20-5-2)11(16)9-7-6-8-10-15(14)12(17)18/h4-10,14H2,1-3H3,(H,17,18). The van der Waals surface area contributed by atoms with Gasteiger partial charge in [-0.1, -0.05) is 6.42 Å². The Bertz CT molecular complexity index is 303. The molecule has 0 aromatic carbocycles. The van der Waals surface area contributed by atoms with Gasteiger partial charge >= 0.3 is 6.09 Å².